The molecule has 3 rings (SSSR count). The Morgan fingerprint density at radius 1 is 1.20 bits per heavy atom. The summed E-state index contributed by atoms with van der Waals surface area (Å²) in [4.78, 5) is 7.59. The highest BCUT2D eigenvalue weighted by Crippen LogP contribution is 2.25. The molecule has 2 N–H and O–H groups in total. The summed E-state index contributed by atoms with van der Waals surface area (Å²) in [7, 11) is -0.555. The highest BCUT2D eigenvalue weighted by atomic mass is 35.5. The largest absolute Gasteiger partial charge is 0.508 e. The van der Waals surface area contributed by atoms with Crippen LogP contribution in [-0.4, -0.2) is 41.9 Å². The summed E-state index contributed by atoms with van der Waals surface area (Å²) in [5.41, 5.74) is 2.00. The van der Waals surface area contributed by atoms with Crippen LogP contribution in [0.1, 0.15) is 11.4 Å². The Morgan fingerprint density at radius 3 is 2.52 bits per heavy atom. The molecule has 0 aliphatic rings. The van der Waals surface area contributed by atoms with E-state index in [-0.39, 0.29) is 10.6 Å². The van der Waals surface area contributed by atoms with Gasteiger partial charge in [-0.15, -0.1) is 0 Å². The number of H-pyrrole nitrogens is 1. The number of phenols is 1. The molecule has 0 bridgehead atoms. The monoisotopic (exact) mass is 377 g/mol. The van der Waals surface area contributed by atoms with Crippen LogP contribution in [0.15, 0.2) is 47.4 Å². The summed E-state index contributed by atoms with van der Waals surface area (Å²) in [6.45, 7) is 0. The van der Waals surface area contributed by atoms with E-state index in [2.05, 4.69) is 9.97 Å². The molecule has 1 aromatic heterocycles. The van der Waals surface area contributed by atoms with Gasteiger partial charge < -0.3 is 10.1 Å². The van der Waals surface area contributed by atoms with E-state index in [4.69, 9.17) is 11.6 Å². The Hall–Kier alpha value is -2.35. The second-order valence-electron chi connectivity index (χ2n) is 5.64. The van der Waals surface area contributed by atoms with Crippen LogP contribution in [0.5, 0.6) is 5.75 Å². The molecule has 0 spiro atoms. The summed E-state index contributed by atoms with van der Waals surface area (Å²) in [6.07, 6.45) is 1.70. The van der Waals surface area contributed by atoms with Crippen molar-refractivity contribution in [3.8, 4) is 5.75 Å². The van der Waals surface area contributed by atoms with Crippen LogP contribution in [0.25, 0.3) is 22.1 Å². The van der Waals surface area contributed by atoms with E-state index in [1.54, 1.807) is 36.4 Å². The molecule has 3 aromatic rings. The summed E-state index contributed by atoms with van der Waals surface area (Å²) in [5, 5.41) is 9.68. The molecule has 0 aliphatic carbocycles. The smallest absolute Gasteiger partial charge is 0.242 e. The maximum atomic E-state index is 12.2. The number of nitrogens with one attached hydrogen (secondary N) is 1. The number of rotatable bonds is 4. The van der Waals surface area contributed by atoms with E-state index in [9.17, 15) is 13.5 Å². The third-order valence-corrected chi connectivity index (χ3v) is 5.74. The number of sulfonamides is 1. The molecule has 0 radical (unpaired) electrons. The van der Waals surface area contributed by atoms with Crippen molar-refractivity contribution in [2.24, 2.45) is 0 Å². The molecule has 0 aliphatic heterocycles. The van der Waals surface area contributed by atoms with Crippen LogP contribution in [0.2, 0.25) is 0 Å². The number of fused-ring (bicyclic) bond motifs is 1. The van der Waals surface area contributed by atoms with Crippen LogP contribution in [0.4, 0.5) is 0 Å². The van der Waals surface area contributed by atoms with Gasteiger partial charge in [0.2, 0.25) is 10.0 Å². The molecule has 8 heteroatoms. The number of benzene rings is 2. The van der Waals surface area contributed by atoms with Gasteiger partial charge >= 0.3 is 0 Å². The molecule has 0 saturated heterocycles. The van der Waals surface area contributed by atoms with Crippen LogP contribution in [0.3, 0.4) is 0 Å². The molecule has 0 atom stereocenters. The van der Waals surface area contributed by atoms with Gasteiger partial charge in [-0.05, 0) is 42.0 Å². The van der Waals surface area contributed by atoms with E-state index in [0.717, 1.165) is 9.87 Å². The van der Waals surface area contributed by atoms with Crippen molar-refractivity contribution in [2.45, 2.75) is 4.90 Å². The van der Waals surface area contributed by atoms with Gasteiger partial charge in [0.1, 0.15) is 11.6 Å². The van der Waals surface area contributed by atoms with Gasteiger partial charge in [0.05, 0.1) is 21.0 Å². The predicted octanol–water partition coefficient (Wildman–Crippen LogP) is 3.26. The average Bonchev–Trinajstić information content (AvgIpc) is 3.00. The number of aromatic hydroxyl groups is 1. The fourth-order valence-corrected chi connectivity index (χ4v) is 3.40. The Morgan fingerprint density at radius 2 is 1.88 bits per heavy atom. The van der Waals surface area contributed by atoms with Crippen molar-refractivity contribution < 1.29 is 13.5 Å². The van der Waals surface area contributed by atoms with Gasteiger partial charge in [0.15, 0.2) is 0 Å². The lowest BCUT2D eigenvalue weighted by molar-refractivity contribution is 0.475. The first-order valence-corrected chi connectivity index (χ1v) is 9.18. The maximum Gasteiger partial charge on any atom is 0.242 e. The van der Waals surface area contributed by atoms with E-state index < -0.39 is 10.0 Å². The molecule has 2 aromatic carbocycles. The van der Waals surface area contributed by atoms with Gasteiger partial charge in [-0.25, -0.2) is 17.7 Å². The Kier molecular flexibility index (Phi) is 4.55. The van der Waals surface area contributed by atoms with Crippen molar-refractivity contribution in [1.29, 1.82) is 0 Å². The summed E-state index contributed by atoms with van der Waals surface area (Å²) in [5.74, 6) is 0.607. The predicted molar refractivity (Wildman–Crippen MR) is 98.8 cm³/mol. The van der Waals surface area contributed by atoms with Crippen LogP contribution < -0.4 is 0 Å². The number of nitrogens with zero attached hydrogens (tertiary/aromatic N) is 2. The summed E-state index contributed by atoms with van der Waals surface area (Å²) < 4.78 is 25.6. The van der Waals surface area contributed by atoms with Crippen molar-refractivity contribution in [3.63, 3.8) is 0 Å². The first-order chi connectivity index (χ1) is 11.8. The zero-order chi connectivity index (χ0) is 18.2. The lowest BCUT2D eigenvalue weighted by Gasteiger charge is -2.10. The van der Waals surface area contributed by atoms with Crippen LogP contribution in [0, 0.1) is 0 Å². The normalized spacial score (nSPS) is 12.9. The first kappa shape index (κ1) is 17.5. The number of imidazole rings is 1. The molecule has 25 heavy (non-hydrogen) atoms. The second-order valence-corrected chi connectivity index (χ2v) is 8.19. The number of phenolic OH excluding ortho intramolecular Hbond substituents is 1. The highest BCUT2D eigenvalue weighted by molar-refractivity contribution is 7.89. The van der Waals surface area contributed by atoms with Crippen molar-refractivity contribution >= 4 is 43.8 Å². The summed E-state index contributed by atoms with van der Waals surface area (Å²) >= 11 is 6.31. The van der Waals surface area contributed by atoms with Crippen molar-refractivity contribution in [3.05, 3.63) is 53.9 Å². The number of hydrogen-bond donors (Lipinski definition) is 2. The highest BCUT2D eigenvalue weighted by Gasteiger charge is 2.18. The fourth-order valence-electron chi connectivity index (χ4n) is 2.26. The second kappa shape index (κ2) is 6.51. The zero-order valence-electron chi connectivity index (χ0n) is 13.6. The molecule has 0 saturated carbocycles. The molecule has 0 fully saturated rings. The minimum atomic E-state index is -3.52. The number of halogens is 1. The zero-order valence-corrected chi connectivity index (χ0v) is 15.1. The van der Waals surface area contributed by atoms with Crippen molar-refractivity contribution in [1.82, 2.24) is 14.3 Å². The standard InChI is InChI=1S/C17H16ClN3O3S/c1-21(2)25(23,24)13-7-8-15-16(10-13)20-17(19-15)14(18)9-11-3-5-12(22)6-4-11/h3-10,22H,1-2H3,(H,19,20)/b14-9-. The summed E-state index contributed by atoms with van der Waals surface area (Å²) in [6, 6.07) is 11.3. The molecule has 130 valence electrons. The first-order valence-electron chi connectivity index (χ1n) is 7.36. The van der Waals surface area contributed by atoms with E-state index in [1.807, 2.05) is 0 Å². The van der Waals surface area contributed by atoms with Crippen LogP contribution >= 0.6 is 11.6 Å². The van der Waals surface area contributed by atoms with Gasteiger partial charge in [-0.3, -0.25) is 0 Å². The van der Waals surface area contributed by atoms with Crippen molar-refractivity contribution in [2.75, 3.05) is 14.1 Å². The minimum absolute atomic E-state index is 0.173. The van der Waals surface area contributed by atoms with Gasteiger partial charge in [0, 0.05) is 14.1 Å². The molecular weight excluding hydrogens is 362 g/mol. The Labute approximate surface area is 150 Å². The number of hydrogen-bond acceptors (Lipinski definition) is 4. The third-order valence-electron chi connectivity index (χ3n) is 3.64. The van der Waals surface area contributed by atoms with E-state index in [0.29, 0.717) is 21.9 Å². The molecular formula is C17H16ClN3O3S. The number of aromatic amines is 1. The van der Waals surface area contributed by atoms with E-state index in [1.165, 1.54) is 26.2 Å². The van der Waals surface area contributed by atoms with Gasteiger partial charge in [-0.2, -0.15) is 0 Å². The minimum Gasteiger partial charge on any atom is -0.508 e. The SMILES string of the molecule is CN(C)S(=O)(=O)c1ccc2nc(/C(Cl)=C/c3ccc(O)cc3)[nH]c2c1. The van der Waals surface area contributed by atoms with E-state index >= 15 is 0 Å². The lowest BCUT2D eigenvalue weighted by Crippen LogP contribution is -2.22. The number of aromatic nitrogens is 2. The average molecular weight is 378 g/mol. The molecule has 0 amide bonds. The van der Waals surface area contributed by atoms with Gasteiger partial charge in [0.25, 0.3) is 0 Å². The van der Waals surface area contributed by atoms with Gasteiger partial charge in [-0.1, -0.05) is 23.7 Å². The quantitative estimate of drug-likeness (QED) is 0.730. The molecule has 1 heterocycles. The topological polar surface area (TPSA) is 86.3 Å². The van der Waals surface area contributed by atoms with Crippen LogP contribution in [-0.2, 0) is 10.0 Å². The fraction of sp³-hybridized carbons (Fsp3) is 0.118. The lowest BCUT2D eigenvalue weighted by atomic mass is 10.2. The third kappa shape index (κ3) is 3.53. The maximum absolute atomic E-state index is 12.2. The molecule has 0 unspecified atom stereocenters. The Bertz CT molecular complexity index is 1050. The Balaban J connectivity index is 2.00. The molecule has 6 nitrogen and oxygen atoms in total.